The number of hydrogen-bond acceptors (Lipinski definition) is 3. The number of aromatic nitrogens is 3. The van der Waals surface area contributed by atoms with Crippen LogP contribution < -0.4 is 5.32 Å². The number of carbonyl (C=O) groups is 1. The Morgan fingerprint density at radius 2 is 2.14 bits per heavy atom. The fourth-order valence-electron chi connectivity index (χ4n) is 3.03. The van der Waals surface area contributed by atoms with Gasteiger partial charge in [0, 0.05) is 30.2 Å². The van der Waals surface area contributed by atoms with Crippen LogP contribution in [0.25, 0.3) is 5.52 Å². The van der Waals surface area contributed by atoms with Gasteiger partial charge < -0.3 is 5.32 Å². The van der Waals surface area contributed by atoms with Crippen molar-refractivity contribution in [2.45, 2.75) is 32.1 Å². The lowest BCUT2D eigenvalue weighted by atomic mass is 9.75. The van der Waals surface area contributed by atoms with Gasteiger partial charge in [0.25, 0.3) is 5.91 Å². The molecule has 1 fully saturated rings. The van der Waals surface area contributed by atoms with Crippen LogP contribution in [0.3, 0.4) is 0 Å². The molecule has 2 aromatic rings. The summed E-state index contributed by atoms with van der Waals surface area (Å²) in [6, 6.07) is 0. The number of amides is 1. The second kappa shape index (κ2) is 6.02. The average molecular weight is 307 g/mol. The van der Waals surface area contributed by atoms with Crippen LogP contribution in [0.2, 0.25) is 0 Å². The zero-order chi connectivity index (χ0) is 14.7. The van der Waals surface area contributed by atoms with E-state index < -0.39 is 0 Å². The van der Waals surface area contributed by atoms with E-state index in [4.69, 9.17) is 11.6 Å². The second-order valence-electron chi connectivity index (χ2n) is 5.84. The van der Waals surface area contributed by atoms with E-state index in [0.717, 1.165) is 18.4 Å². The van der Waals surface area contributed by atoms with Crippen LogP contribution in [-0.4, -0.2) is 32.9 Å². The Balaban J connectivity index is 1.71. The van der Waals surface area contributed by atoms with Gasteiger partial charge in [0.05, 0.1) is 23.5 Å². The molecule has 1 saturated carbocycles. The van der Waals surface area contributed by atoms with Crippen LogP contribution in [0, 0.1) is 5.41 Å². The first-order chi connectivity index (χ1) is 10.2. The lowest BCUT2D eigenvalue weighted by molar-refractivity contribution is 0.0922. The zero-order valence-electron chi connectivity index (χ0n) is 11.9. The summed E-state index contributed by atoms with van der Waals surface area (Å²) in [4.78, 5) is 16.4. The van der Waals surface area contributed by atoms with Crippen LogP contribution in [-0.2, 0) is 0 Å². The Morgan fingerprint density at radius 3 is 2.90 bits per heavy atom. The highest BCUT2D eigenvalue weighted by Crippen LogP contribution is 2.36. The van der Waals surface area contributed by atoms with Crippen molar-refractivity contribution in [3.05, 3.63) is 30.4 Å². The molecule has 0 aromatic carbocycles. The number of nitrogens with one attached hydrogen (secondary N) is 1. The normalized spacial score (nSPS) is 17.8. The van der Waals surface area contributed by atoms with E-state index in [9.17, 15) is 4.79 Å². The minimum atomic E-state index is -0.104. The summed E-state index contributed by atoms with van der Waals surface area (Å²) in [7, 11) is 0. The summed E-state index contributed by atoms with van der Waals surface area (Å²) in [5.41, 5.74) is 1.33. The van der Waals surface area contributed by atoms with E-state index in [1.165, 1.54) is 19.3 Å². The van der Waals surface area contributed by atoms with Crippen LogP contribution in [0.4, 0.5) is 0 Å². The fraction of sp³-hybridized carbons (Fsp3) is 0.533. The van der Waals surface area contributed by atoms with E-state index in [1.807, 2.05) is 0 Å². The maximum Gasteiger partial charge on any atom is 0.255 e. The molecule has 0 bridgehead atoms. The van der Waals surface area contributed by atoms with Gasteiger partial charge in [-0.05, 0) is 12.8 Å². The van der Waals surface area contributed by atoms with Gasteiger partial charge in [-0.1, -0.05) is 19.3 Å². The van der Waals surface area contributed by atoms with Gasteiger partial charge in [0.1, 0.15) is 0 Å². The van der Waals surface area contributed by atoms with Crippen LogP contribution >= 0.6 is 11.6 Å². The Hall–Kier alpha value is -1.62. The molecule has 1 N–H and O–H groups in total. The first-order valence-corrected chi connectivity index (χ1v) is 7.89. The van der Waals surface area contributed by atoms with Crippen molar-refractivity contribution in [2.75, 3.05) is 12.4 Å². The molecule has 3 rings (SSSR count). The third-order valence-electron chi connectivity index (χ3n) is 4.39. The first kappa shape index (κ1) is 14.3. The van der Waals surface area contributed by atoms with Gasteiger partial charge in [-0.3, -0.25) is 9.78 Å². The van der Waals surface area contributed by atoms with Crippen LogP contribution in [0.1, 0.15) is 42.5 Å². The lowest BCUT2D eigenvalue weighted by Crippen LogP contribution is -2.40. The highest BCUT2D eigenvalue weighted by atomic mass is 35.5. The molecule has 0 unspecified atom stereocenters. The Morgan fingerprint density at radius 1 is 1.33 bits per heavy atom. The molecule has 1 amide bonds. The standard InChI is InChI=1S/C15H19ClN4O/c16-10-15(4-2-1-3-5-15)11-18-14(21)12-8-19-20-7-6-17-9-13(12)20/h6-9H,1-5,10-11H2,(H,18,21). The monoisotopic (exact) mass is 306 g/mol. The summed E-state index contributed by atoms with van der Waals surface area (Å²) in [5.74, 6) is 0.497. The number of nitrogens with zero attached hydrogens (tertiary/aromatic N) is 3. The number of fused-ring (bicyclic) bond motifs is 1. The summed E-state index contributed by atoms with van der Waals surface area (Å²) < 4.78 is 1.65. The summed E-state index contributed by atoms with van der Waals surface area (Å²) in [5, 5.41) is 7.20. The van der Waals surface area contributed by atoms with Gasteiger partial charge in [0.2, 0.25) is 0 Å². The van der Waals surface area contributed by atoms with Crippen molar-refractivity contribution in [3.63, 3.8) is 0 Å². The van der Waals surface area contributed by atoms with Gasteiger partial charge in [-0.2, -0.15) is 5.10 Å². The van der Waals surface area contributed by atoms with Crippen molar-refractivity contribution in [1.29, 1.82) is 0 Å². The zero-order valence-corrected chi connectivity index (χ0v) is 12.6. The maximum atomic E-state index is 12.4. The molecule has 0 aliphatic heterocycles. The molecule has 6 heteroatoms. The Bertz CT molecular complexity index is 633. The molecule has 1 aliphatic carbocycles. The molecule has 0 spiro atoms. The molecule has 0 saturated heterocycles. The van der Waals surface area contributed by atoms with Crippen molar-refractivity contribution >= 4 is 23.0 Å². The van der Waals surface area contributed by atoms with Gasteiger partial charge in [-0.25, -0.2) is 4.52 Å². The molecular formula is C15H19ClN4O. The molecule has 21 heavy (non-hydrogen) atoms. The van der Waals surface area contributed by atoms with E-state index in [-0.39, 0.29) is 11.3 Å². The predicted molar refractivity (Wildman–Crippen MR) is 81.6 cm³/mol. The number of rotatable bonds is 4. The van der Waals surface area contributed by atoms with Crippen molar-refractivity contribution < 1.29 is 4.79 Å². The van der Waals surface area contributed by atoms with E-state index in [2.05, 4.69) is 15.4 Å². The highest BCUT2D eigenvalue weighted by molar-refractivity contribution is 6.18. The van der Waals surface area contributed by atoms with Gasteiger partial charge in [-0.15, -0.1) is 11.6 Å². The topological polar surface area (TPSA) is 59.3 Å². The van der Waals surface area contributed by atoms with Crippen molar-refractivity contribution in [2.24, 2.45) is 5.41 Å². The minimum Gasteiger partial charge on any atom is -0.351 e. The molecule has 2 aromatic heterocycles. The summed E-state index contributed by atoms with van der Waals surface area (Å²) >= 11 is 6.16. The average Bonchev–Trinajstić information content (AvgIpc) is 2.98. The molecule has 0 atom stereocenters. The highest BCUT2D eigenvalue weighted by Gasteiger charge is 2.31. The first-order valence-electron chi connectivity index (χ1n) is 7.36. The smallest absolute Gasteiger partial charge is 0.255 e. The van der Waals surface area contributed by atoms with E-state index >= 15 is 0 Å². The lowest BCUT2D eigenvalue weighted by Gasteiger charge is -2.35. The third kappa shape index (κ3) is 2.88. The van der Waals surface area contributed by atoms with E-state index in [0.29, 0.717) is 18.0 Å². The SMILES string of the molecule is O=C(NCC1(CCl)CCCCC1)c1cnn2ccncc12. The molecular weight excluding hydrogens is 288 g/mol. The third-order valence-corrected chi connectivity index (χ3v) is 4.96. The maximum absolute atomic E-state index is 12.4. The number of carbonyl (C=O) groups excluding carboxylic acids is 1. The second-order valence-corrected chi connectivity index (χ2v) is 6.11. The van der Waals surface area contributed by atoms with Gasteiger partial charge in [0.15, 0.2) is 0 Å². The van der Waals surface area contributed by atoms with Crippen molar-refractivity contribution in [1.82, 2.24) is 19.9 Å². The Kier molecular flexibility index (Phi) is 4.10. The van der Waals surface area contributed by atoms with Crippen LogP contribution in [0.5, 0.6) is 0 Å². The fourth-order valence-corrected chi connectivity index (χ4v) is 3.39. The number of halogens is 1. The number of alkyl halides is 1. The summed E-state index contributed by atoms with van der Waals surface area (Å²) in [6.07, 6.45) is 12.5. The molecule has 0 radical (unpaired) electrons. The van der Waals surface area contributed by atoms with Crippen molar-refractivity contribution in [3.8, 4) is 0 Å². The van der Waals surface area contributed by atoms with Crippen LogP contribution in [0.15, 0.2) is 24.8 Å². The molecule has 1 aliphatic rings. The molecule has 112 valence electrons. The molecule has 2 heterocycles. The molecule has 5 nitrogen and oxygen atoms in total. The van der Waals surface area contributed by atoms with E-state index in [1.54, 1.807) is 29.3 Å². The minimum absolute atomic E-state index is 0.0523. The number of hydrogen-bond donors (Lipinski definition) is 1. The Labute approximate surface area is 128 Å². The predicted octanol–water partition coefficient (Wildman–Crippen LogP) is 2.65. The summed E-state index contributed by atoms with van der Waals surface area (Å²) in [6.45, 7) is 0.632. The van der Waals surface area contributed by atoms with Gasteiger partial charge >= 0.3 is 0 Å². The quantitative estimate of drug-likeness (QED) is 0.883. The largest absolute Gasteiger partial charge is 0.351 e.